The SMILES string of the molecule is CCCC[O][Sn]([CH2]CCCN)([CH2]SC)[O]CCCC. The molecule has 5 heteroatoms. The van der Waals surface area contributed by atoms with Crippen LogP contribution in [0.25, 0.3) is 0 Å². The Balaban J connectivity index is 4.37. The van der Waals surface area contributed by atoms with Gasteiger partial charge in [-0.3, -0.25) is 0 Å². The first-order chi connectivity index (χ1) is 9.24. The van der Waals surface area contributed by atoms with Gasteiger partial charge in [0.1, 0.15) is 0 Å². The van der Waals surface area contributed by atoms with Crippen LogP contribution >= 0.6 is 11.8 Å². The Labute approximate surface area is 129 Å². The molecule has 0 heterocycles. The van der Waals surface area contributed by atoms with E-state index < -0.39 is 19.2 Å². The quantitative estimate of drug-likeness (QED) is 0.358. The third kappa shape index (κ3) is 10.4. The monoisotopic (exact) mass is 399 g/mol. The van der Waals surface area contributed by atoms with E-state index in [-0.39, 0.29) is 0 Å². The molecule has 0 aliphatic carbocycles. The van der Waals surface area contributed by atoms with Crippen LogP contribution < -0.4 is 5.73 Å². The van der Waals surface area contributed by atoms with Crippen LogP contribution in [0.4, 0.5) is 0 Å². The van der Waals surface area contributed by atoms with Crippen molar-refractivity contribution in [2.45, 2.75) is 56.8 Å². The molecule has 3 nitrogen and oxygen atoms in total. The van der Waals surface area contributed by atoms with Crippen LogP contribution in [0, 0.1) is 0 Å². The van der Waals surface area contributed by atoms with Crippen molar-refractivity contribution in [3.8, 4) is 0 Å². The second-order valence-corrected chi connectivity index (χ2v) is 16.6. The fourth-order valence-electron chi connectivity index (χ4n) is 1.91. The summed E-state index contributed by atoms with van der Waals surface area (Å²) in [4.78, 5) is 0. The minimum absolute atomic E-state index is 0.783. The molecule has 2 N–H and O–H groups in total. The second kappa shape index (κ2) is 14.0. The van der Waals surface area contributed by atoms with E-state index in [9.17, 15) is 0 Å². The van der Waals surface area contributed by atoms with Gasteiger partial charge in [-0.15, -0.1) is 0 Å². The molecule has 0 fully saturated rings. The summed E-state index contributed by atoms with van der Waals surface area (Å²) in [6, 6.07) is 0. The van der Waals surface area contributed by atoms with Gasteiger partial charge in [0.25, 0.3) is 0 Å². The van der Waals surface area contributed by atoms with Gasteiger partial charge in [0.05, 0.1) is 0 Å². The summed E-state index contributed by atoms with van der Waals surface area (Å²) in [6.07, 6.45) is 9.13. The molecule has 19 heavy (non-hydrogen) atoms. The normalized spacial score (nSPS) is 12.0. The zero-order valence-corrected chi connectivity index (χ0v) is 16.8. The van der Waals surface area contributed by atoms with Crippen LogP contribution in [-0.4, -0.2) is 49.0 Å². The summed E-state index contributed by atoms with van der Waals surface area (Å²) in [5, 5.41) is 0. The summed E-state index contributed by atoms with van der Waals surface area (Å²) in [5.41, 5.74) is 5.61. The molecule has 0 unspecified atom stereocenters. The molecule has 116 valence electrons. The van der Waals surface area contributed by atoms with Gasteiger partial charge in [-0.25, -0.2) is 0 Å². The van der Waals surface area contributed by atoms with Crippen LogP contribution in [-0.2, 0) is 6.15 Å². The number of hydrogen-bond acceptors (Lipinski definition) is 4. The molecule has 0 atom stereocenters. The van der Waals surface area contributed by atoms with E-state index in [0.29, 0.717) is 0 Å². The van der Waals surface area contributed by atoms with Gasteiger partial charge in [0, 0.05) is 0 Å². The average molecular weight is 398 g/mol. The molecule has 0 radical (unpaired) electrons. The summed E-state index contributed by atoms with van der Waals surface area (Å²) in [6.45, 7) is 6.98. The van der Waals surface area contributed by atoms with Crippen molar-refractivity contribution in [3.63, 3.8) is 0 Å². The van der Waals surface area contributed by atoms with Gasteiger partial charge in [0.2, 0.25) is 0 Å². The fraction of sp³-hybridized carbons (Fsp3) is 1.00. The standard InChI is InChI=1S/C4H10N.2C4H9O.C2H5S.Sn/c3*1-2-3-4-5;1-3-2;/h1-5H2;2*2-4H2,1H3;1H2,2H3;/q;2*-1;;+2. The fourth-order valence-corrected chi connectivity index (χ4v) is 15.3. The van der Waals surface area contributed by atoms with Crippen molar-refractivity contribution in [3.05, 3.63) is 0 Å². The second-order valence-electron chi connectivity index (χ2n) is 4.99. The maximum atomic E-state index is 6.33. The molecule has 0 aliphatic heterocycles. The summed E-state index contributed by atoms with van der Waals surface area (Å²) >= 11 is -0.929. The van der Waals surface area contributed by atoms with Crippen molar-refractivity contribution in [2.75, 3.05) is 29.8 Å². The van der Waals surface area contributed by atoms with Crippen LogP contribution in [0.1, 0.15) is 52.4 Å². The van der Waals surface area contributed by atoms with Gasteiger partial charge in [0.15, 0.2) is 0 Å². The van der Waals surface area contributed by atoms with Gasteiger partial charge in [-0.2, -0.15) is 0 Å². The van der Waals surface area contributed by atoms with E-state index >= 15 is 0 Å². The van der Waals surface area contributed by atoms with Gasteiger partial charge >= 0.3 is 129 Å². The van der Waals surface area contributed by atoms with Crippen molar-refractivity contribution < 1.29 is 6.15 Å². The number of nitrogens with two attached hydrogens (primary N) is 1. The van der Waals surface area contributed by atoms with E-state index in [2.05, 4.69) is 20.1 Å². The van der Waals surface area contributed by atoms with Crippen LogP contribution in [0.2, 0.25) is 4.44 Å². The van der Waals surface area contributed by atoms with Crippen molar-refractivity contribution in [1.29, 1.82) is 0 Å². The molecule has 0 amide bonds. The number of unbranched alkanes of at least 4 members (excludes halogenated alkanes) is 3. The van der Waals surface area contributed by atoms with Crippen molar-refractivity contribution in [1.82, 2.24) is 0 Å². The minimum atomic E-state index is -2.82. The van der Waals surface area contributed by atoms with E-state index in [1.165, 1.54) is 23.7 Å². The Hall–Kier alpha value is 1.03. The van der Waals surface area contributed by atoms with E-state index in [0.717, 1.165) is 42.8 Å². The Morgan fingerprint density at radius 1 is 0.947 bits per heavy atom. The van der Waals surface area contributed by atoms with Crippen LogP contribution in [0.5, 0.6) is 0 Å². The topological polar surface area (TPSA) is 44.5 Å². The van der Waals surface area contributed by atoms with Gasteiger partial charge in [-0.05, 0) is 0 Å². The first kappa shape index (κ1) is 20.0. The van der Waals surface area contributed by atoms with Gasteiger partial charge < -0.3 is 0 Å². The predicted octanol–water partition coefficient (Wildman–Crippen LogP) is 3.70. The zero-order valence-electron chi connectivity index (χ0n) is 13.1. The van der Waals surface area contributed by atoms with E-state index in [1.54, 1.807) is 0 Å². The molecule has 0 saturated carbocycles. The third-order valence-corrected chi connectivity index (χ3v) is 17.4. The van der Waals surface area contributed by atoms with Crippen molar-refractivity contribution in [2.24, 2.45) is 5.73 Å². The summed E-state index contributed by atoms with van der Waals surface area (Å²) < 4.78 is 14.9. The van der Waals surface area contributed by atoms with Crippen LogP contribution in [0.3, 0.4) is 0 Å². The molecule has 0 rings (SSSR count). The number of thioether (sulfide) groups is 1. The summed E-state index contributed by atoms with van der Waals surface area (Å²) in [5.74, 6) is 0. The van der Waals surface area contributed by atoms with Gasteiger partial charge in [-0.1, -0.05) is 0 Å². The molecule has 0 saturated heterocycles. The number of rotatable bonds is 14. The molecule has 0 aromatic rings. The zero-order chi connectivity index (χ0) is 14.4. The van der Waals surface area contributed by atoms with E-state index in [4.69, 9.17) is 11.9 Å². The molecule has 0 aliphatic rings. The molecular formula is C14H33NO2SSn. The molecule has 0 bridgehead atoms. The first-order valence-electron chi connectivity index (χ1n) is 7.71. The Bertz CT molecular complexity index is 170. The average Bonchev–Trinajstić information content (AvgIpc) is 2.40. The first-order valence-corrected chi connectivity index (χ1v) is 15.5. The summed E-state index contributed by atoms with van der Waals surface area (Å²) in [7, 11) is 0. The molecule has 0 spiro atoms. The third-order valence-electron chi connectivity index (χ3n) is 3.10. The number of hydrogen-bond donors (Lipinski definition) is 1. The molecule has 0 aromatic heterocycles. The van der Waals surface area contributed by atoms with Crippen molar-refractivity contribution >= 4 is 31.0 Å². The Morgan fingerprint density at radius 3 is 1.95 bits per heavy atom. The maximum absolute atomic E-state index is 6.33. The predicted molar refractivity (Wildman–Crippen MR) is 89.0 cm³/mol. The van der Waals surface area contributed by atoms with E-state index in [1.807, 2.05) is 11.8 Å². The Morgan fingerprint density at radius 2 is 1.53 bits per heavy atom. The molecular weight excluding hydrogens is 365 g/mol. The molecule has 0 aromatic carbocycles. The van der Waals surface area contributed by atoms with Crippen LogP contribution in [0.15, 0.2) is 0 Å². The Kier molecular flexibility index (Phi) is 14.7.